The lowest BCUT2D eigenvalue weighted by molar-refractivity contribution is -0.134. The second kappa shape index (κ2) is 8.73. The van der Waals surface area contributed by atoms with Crippen molar-refractivity contribution in [2.24, 2.45) is 0 Å². The number of nitrogens with zero attached hydrogens (tertiary/aromatic N) is 3. The molecule has 1 fully saturated rings. The van der Waals surface area contributed by atoms with Gasteiger partial charge in [-0.05, 0) is 24.3 Å². The van der Waals surface area contributed by atoms with E-state index in [1.807, 2.05) is 24.3 Å². The molecular weight excluding hydrogens is 370 g/mol. The summed E-state index contributed by atoms with van der Waals surface area (Å²) in [6, 6.07) is 10.9. The van der Waals surface area contributed by atoms with Gasteiger partial charge in [0, 0.05) is 32.4 Å². The Morgan fingerprint density at radius 1 is 1.11 bits per heavy atom. The number of hydrogen-bond donors (Lipinski definition) is 0. The van der Waals surface area contributed by atoms with Crippen LogP contribution in [0.4, 0.5) is 5.69 Å². The van der Waals surface area contributed by atoms with Gasteiger partial charge in [-0.1, -0.05) is 23.7 Å². The lowest BCUT2D eigenvalue weighted by Crippen LogP contribution is -2.50. The first kappa shape index (κ1) is 19.0. The summed E-state index contributed by atoms with van der Waals surface area (Å²) in [6.07, 6.45) is 1.48. The van der Waals surface area contributed by atoms with Gasteiger partial charge in [-0.2, -0.15) is 0 Å². The highest BCUT2D eigenvalue weighted by Gasteiger charge is 2.24. The average molecular weight is 390 g/mol. The van der Waals surface area contributed by atoms with Gasteiger partial charge in [-0.15, -0.1) is 0 Å². The number of halogens is 1. The number of carbonyl (C=O) groups is 2. The highest BCUT2D eigenvalue weighted by atomic mass is 35.5. The summed E-state index contributed by atoms with van der Waals surface area (Å²) in [4.78, 5) is 32.0. The summed E-state index contributed by atoms with van der Waals surface area (Å²) in [5.74, 6) is -0.0864. The summed E-state index contributed by atoms with van der Waals surface area (Å²) < 4.78 is 10.5. The third-order valence-corrected chi connectivity index (χ3v) is 4.67. The van der Waals surface area contributed by atoms with Gasteiger partial charge < -0.3 is 19.3 Å². The van der Waals surface area contributed by atoms with Crippen LogP contribution >= 0.6 is 11.6 Å². The fourth-order valence-corrected chi connectivity index (χ4v) is 3.12. The molecule has 2 aromatic rings. The Kier molecular flexibility index (Phi) is 6.13. The largest absolute Gasteiger partial charge is 0.495 e. The molecule has 0 saturated carbocycles. The molecule has 7 nitrogen and oxygen atoms in total. The number of esters is 1. The van der Waals surface area contributed by atoms with E-state index < -0.39 is 5.97 Å². The highest BCUT2D eigenvalue weighted by molar-refractivity contribution is 6.32. The normalized spacial score (nSPS) is 14.0. The van der Waals surface area contributed by atoms with Crippen LogP contribution in [0.15, 0.2) is 42.6 Å². The zero-order valence-electron chi connectivity index (χ0n) is 14.9. The maximum absolute atomic E-state index is 12.3. The molecule has 0 unspecified atom stereocenters. The Labute approximate surface area is 162 Å². The van der Waals surface area contributed by atoms with Crippen molar-refractivity contribution in [1.82, 2.24) is 9.88 Å². The quantitative estimate of drug-likeness (QED) is 0.577. The van der Waals surface area contributed by atoms with Crippen molar-refractivity contribution in [2.45, 2.75) is 0 Å². The number of anilines is 1. The number of para-hydroxylation sites is 2. The zero-order chi connectivity index (χ0) is 19.2. The second-order valence-corrected chi connectivity index (χ2v) is 6.32. The third-order valence-electron chi connectivity index (χ3n) is 4.36. The minimum atomic E-state index is -0.658. The van der Waals surface area contributed by atoms with Crippen LogP contribution in [0.25, 0.3) is 0 Å². The van der Waals surface area contributed by atoms with Crippen LogP contribution < -0.4 is 9.64 Å². The van der Waals surface area contributed by atoms with Crippen molar-refractivity contribution in [3.05, 3.63) is 53.3 Å². The molecule has 0 aliphatic carbocycles. The lowest BCUT2D eigenvalue weighted by Gasteiger charge is -2.36. The predicted octanol–water partition coefficient (Wildman–Crippen LogP) is 2.25. The minimum absolute atomic E-state index is 0.0559. The molecule has 2 heterocycles. The Hall–Kier alpha value is -2.80. The second-order valence-electron chi connectivity index (χ2n) is 5.96. The van der Waals surface area contributed by atoms with E-state index in [1.54, 1.807) is 18.1 Å². The summed E-state index contributed by atoms with van der Waals surface area (Å²) in [6.45, 7) is 2.12. The van der Waals surface area contributed by atoms with E-state index in [9.17, 15) is 9.59 Å². The number of pyridine rings is 1. The molecule has 8 heteroatoms. The van der Waals surface area contributed by atoms with Crippen molar-refractivity contribution in [3.8, 4) is 5.75 Å². The Balaban J connectivity index is 1.51. The van der Waals surface area contributed by atoms with Crippen molar-refractivity contribution < 1.29 is 19.1 Å². The van der Waals surface area contributed by atoms with E-state index in [1.165, 1.54) is 12.3 Å². The van der Waals surface area contributed by atoms with Crippen LogP contribution in [0.2, 0.25) is 5.15 Å². The standard InChI is InChI=1S/C19H20ClN3O4/c1-26-16-7-3-2-6-15(16)22-9-11-23(12-10-22)17(24)13-27-19(25)14-5-4-8-21-18(14)20/h2-8H,9-13H2,1H3. The van der Waals surface area contributed by atoms with Gasteiger partial charge in [0.25, 0.3) is 5.91 Å². The molecule has 1 amide bonds. The predicted molar refractivity (Wildman–Crippen MR) is 101 cm³/mol. The molecular formula is C19H20ClN3O4. The van der Waals surface area contributed by atoms with Crippen LogP contribution in [0.1, 0.15) is 10.4 Å². The van der Waals surface area contributed by atoms with E-state index >= 15 is 0 Å². The van der Waals surface area contributed by atoms with E-state index in [2.05, 4.69) is 9.88 Å². The molecule has 142 valence electrons. The van der Waals surface area contributed by atoms with Crippen molar-refractivity contribution in [1.29, 1.82) is 0 Å². The molecule has 1 aromatic carbocycles. The lowest BCUT2D eigenvalue weighted by atomic mass is 10.2. The first-order valence-corrected chi connectivity index (χ1v) is 8.91. The molecule has 1 aromatic heterocycles. The van der Waals surface area contributed by atoms with E-state index in [0.29, 0.717) is 26.2 Å². The summed E-state index contributed by atoms with van der Waals surface area (Å²) >= 11 is 5.86. The van der Waals surface area contributed by atoms with Crippen LogP contribution in [-0.2, 0) is 9.53 Å². The number of piperazine rings is 1. The number of benzene rings is 1. The number of ether oxygens (including phenoxy) is 2. The molecule has 0 N–H and O–H groups in total. The van der Waals surface area contributed by atoms with Crippen LogP contribution in [0.5, 0.6) is 5.75 Å². The molecule has 3 rings (SSSR count). The number of amides is 1. The first-order chi connectivity index (χ1) is 13.1. The van der Waals surface area contributed by atoms with Gasteiger partial charge in [-0.3, -0.25) is 4.79 Å². The maximum Gasteiger partial charge on any atom is 0.341 e. The Morgan fingerprint density at radius 3 is 2.56 bits per heavy atom. The molecule has 1 saturated heterocycles. The number of hydrogen-bond acceptors (Lipinski definition) is 6. The maximum atomic E-state index is 12.3. The minimum Gasteiger partial charge on any atom is -0.495 e. The average Bonchev–Trinajstić information content (AvgIpc) is 2.72. The summed E-state index contributed by atoms with van der Waals surface area (Å²) in [7, 11) is 1.64. The van der Waals surface area contributed by atoms with E-state index in [-0.39, 0.29) is 23.2 Å². The number of rotatable bonds is 5. The van der Waals surface area contributed by atoms with Crippen LogP contribution in [0.3, 0.4) is 0 Å². The van der Waals surface area contributed by atoms with Gasteiger partial charge in [0.1, 0.15) is 10.9 Å². The van der Waals surface area contributed by atoms with Gasteiger partial charge in [0.2, 0.25) is 0 Å². The zero-order valence-corrected chi connectivity index (χ0v) is 15.7. The molecule has 1 aliphatic rings. The smallest absolute Gasteiger partial charge is 0.341 e. The number of aromatic nitrogens is 1. The Morgan fingerprint density at radius 2 is 1.85 bits per heavy atom. The molecule has 0 spiro atoms. The third kappa shape index (κ3) is 4.49. The monoisotopic (exact) mass is 389 g/mol. The molecule has 0 atom stereocenters. The SMILES string of the molecule is COc1ccccc1N1CCN(C(=O)COC(=O)c2cccnc2Cl)CC1. The highest BCUT2D eigenvalue weighted by Crippen LogP contribution is 2.28. The first-order valence-electron chi connectivity index (χ1n) is 8.53. The van der Waals surface area contributed by atoms with Crippen LogP contribution in [0, 0.1) is 0 Å². The summed E-state index contributed by atoms with van der Waals surface area (Å²) in [5.41, 5.74) is 1.15. The van der Waals surface area contributed by atoms with Gasteiger partial charge in [-0.25, -0.2) is 9.78 Å². The summed E-state index contributed by atoms with van der Waals surface area (Å²) in [5, 5.41) is 0.0559. The number of methoxy groups -OCH3 is 1. The molecule has 1 aliphatic heterocycles. The van der Waals surface area contributed by atoms with Crippen molar-refractivity contribution in [2.75, 3.05) is 44.8 Å². The van der Waals surface area contributed by atoms with Gasteiger partial charge >= 0.3 is 5.97 Å². The fraction of sp³-hybridized carbons (Fsp3) is 0.316. The van der Waals surface area contributed by atoms with Gasteiger partial charge in [0.05, 0.1) is 18.4 Å². The van der Waals surface area contributed by atoms with Crippen LogP contribution in [-0.4, -0.2) is 61.7 Å². The Bertz CT molecular complexity index is 822. The van der Waals surface area contributed by atoms with Crippen molar-refractivity contribution in [3.63, 3.8) is 0 Å². The molecule has 27 heavy (non-hydrogen) atoms. The number of carbonyl (C=O) groups excluding carboxylic acids is 2. The topological polar surface area (TPSA) is 72.0 Å². The van der Waals surface area contributed by atoms with Crippen molar-refractivity contribution >= 4 is 29.2 Å². The molecule has 0 radical (unpaired) electrons. The van der Waals surface area contributed by atoms with E-state index in [4.69, 9.17) is 21.1 Å². The van der Waals surface area contributed by atoms with E-state index in [0.717, 1.165) is 11.4 Å². The van der Waals surface area contributed by atoms with Gasteiger partial charge in [0.15, 0.2) is 6.61 Å². The fourth-order valence-electron chi connectivity index (χ4n) is 2.92. The molecule has 0 bridgehead atoms.